The molecule has 8 nitrogen and oxygen atoms in total. The highest BCUT2D eigenvalue weighted by molar-refractivity contribution is 6.24. The van der Waals surface area contributed by atoms with Gasteiger partial charge in [0.2, 0.25) is 5.91 Å². The van der Waals surface area contributed by atoms with Crippen molar-refractivity contribution >= 4 is 23.5 Å². The molecule has 0 aliphatic carbocycles. The Hall–Kier alpha value is -3.33. The molecule has 8 heteroatoms. The summed E-state index contributed by atoms with van der Waals surface area (Å²) >= 11 is 0. The maximum atomic E-state index is 13.4. The van der Waals surface area contributed by atoms with Gasteiger partial charge < -0.3 is 10.2 Å². The number of hydrazine groups is 1. The van der Waals surface area contributed by atoms with Gasteiger partial charge >= 0.3 is 5.97 Å². The first kappa shape index (κ1) is 20.9. The minimum Gasteiger partial charge on any atom is -0.478 e. The lowest BCUT2D eigenvalue weighted by Gasteiger charge is -2.43. The number of carboxylic acid groups (broad SMARTS) is 1. The maximum Gasteiger partial charge on any atom is 0.335 e. The molecule has 160 valence electrons. The summed E-state index contributed by atoms with van der Waals surface area (Å²) in [6.45, 7) is 0. The second-order valence-electron chi connectivity index (χ2n) is 7.79. The lowest BCUT2D eigenvalue weighted by molar-refractivity contribution is -0.139. The normalized spacial score (nSPS) is 24.5. The van der Waals surface area contributed by atoms with Gasteiger partial charge in [-0.05, 0) is 29.8 Å². The highest BCUT2D eigenvalue weighted by Gasteiger charge is 2.54. The molecule has 0 aromatic heterocycles. The number of anilines is 1. The van der Waals surface area contributed by atoms with Gasteiger partial charge in [-0.3, -0.25) is 9.59 Å². The van der Waals surface area contributed by atoms with Crippen molar-refractivity contribution in [2.45, 2.75) is 18.2 Å². The van der Waals surface area contributed by atoms with E-state index >= 15 is 0 Å². The van der Waals surface area contributed by atoms with Gasteiger partial charge in [-0.2, -0.15) is 0 Å². The van der Waals surface area contributed by atoms with Crippen LogP contribution in [0.1, 0.15) is 22.0 Å². The second kappa shape index (κ2) is 8.07. The number of imide groups is 1. The van der Waals surface area contributed by atoms with E-state index in [0.717, 1.165) is 4.90 Å². The summed E-state index contributed by atoms with van der Waals surface area (Å²) in [6.07, 6.45) is 2.56. The highest BCUT2D eigenvalue weighted by atomic mass is 16.4. The van der Waals surface area contributed by atoms with E-state index in [-0.39, 0.29) is 11.5 Å². The van der Waals surface area contributed by atoms with Gasteiger partial charge in [0.05, 0.1) is 29.3 Å². The number of benzene rings is 2. The zero-order valence-electron chi connectivity index (χ0n) is 17.1. The van der Waals surface area contributed by atoms with Crippen LogP contribution in [0, 0.1) is 5.92 Å². The number of carbonyl (C=O) groups is 3. The Morgan fingerprint density at radius 1 is 0.968 bits per heavy atom. The van der Waals surface area contributed by atoms with E-state index in [1.807, 2.05) is 30.3 Å². The number of carbonyl (C=O) groups excluding carboxylic acids is 2. The number of hydrogen-bond acceptors (Lipinski definition) is 6. The molecule has 0 radical (unpaired) electrons. The Labute approximate surface area is 179 Å². The van der Waals surface area contributed by atoms with E-state index in [9.17, 15) is 19.5 Å². The van der Waals surface area contributed by atoms with Crippen LogP contribution >= 0.6 is 0 Å². The number of amides is 2. The molecule has 1 saturated heterocycles. The molecule has 2 aliphatic rings. The first-order chi connectivity index (χ1) is 14.8. The van der Waals surface area contributed by atoms with Crippen molar-refractivity contribution in [1.29, 1.82) is 0 Å². The van der Waals surface area contributed by atoms with Crippen molar-refractivity contribution in [3.05, 3.63) is 77.9 Å². The summed E-state index contributed by atoms with van der Waals surface area (Å²) in [5.41, 5.74) is 1.10. The average molecular weight is 421 g/mol. The highest BCUT2D eigenvalue weighted by Crippen LogP contribution is 2.38. The molecule has 1 fully saturated rings. The minimum atomic E-state index is -1.08. The molecule has 1 unspecified atom stereocenters. The Morgan fingerprint density at radius 3 is 2.19 bits per heavy atom. The van der Waals surface area contributed by atoms with Crippen LogP contribution in [0.25, 0.3) is 0 Å². The summed E-state index contributed by atoms with van der Waals surface area (Å²) in [6, 6.07) is 13.4. The molecule has 4 atom stereocenters. The van der Waals surface area contributed by atoms with Crippen molar-refractivity contribution in [2.24, 2.45) is 5.92 Å². The summed E-state index contributed by atoms with van der Waals surface area (Å²) in [7, 11) is 3.53. The van der Waals surface area contributed by atoms with E-state index in [4.69, 9.17) is 5.11 Å². The molecule has 2 N–H and O–H groups in total. The van der Waals surface area contributed by atoms with E-state index in [0.29, 0.717) is 11.3 Å². The third-order valence-corrected chi connectivity index (χ3v) is 5.72. The van der Waals surface area contributed by atoms with Crippen LogP contribution in [0.3, 0.4) is 0 Å². The molecular formula is C23H23N3O5. The van der Waals surface area contributed by atoms with Crippen LogP contribution in [-0.2, 0) is 9.59 Å². The molecule has 0 bridgehead atoms. The zero-order valence-corrected chi connectivity index (χ0v) is 17.1. The Morgan fingerprint density at radius 2 is 1.61 bits per heavy atom. The first-order valence-corrected chi connectivity index (χ1v) is 9.89. The average Bonchev–Trinajstić information content (AvgIpc) is 3.03. The number of hydrogen-bond donors (Lipinski definition) is 2. The summed E-state index contributed by atoms with van der Waals surface area (Å²) < 4.78 is 0. The van der Waals surface area contributed by atoms with Gasteiger partial charge in [-0.15, -0.1) is 0 Å². The zero-order chi connectivity index (χ0) is 22.3. The van der Waals surface area contributed by atoms with Crippen LogP contribution in [-0.4, -0.2) is 64.2 Å². The summed E-state index contributed by atoms with van der Waals surface area (Å²) in [4.78, 5) is 38.7. The third-order valence-electron chi connectivity index (χ3n) is 5.72. The van der Waals surface area contributed by atoms with E-state index < -0.39 is 36.0 Å². The van der Waals surface area contributed by atoms with Gasteiger partial charge in [0.15, 0.2) is 0 Å². The molecule has 0 spiro atoms. The smallest absolute Gasteiger partial charge is 0.335 e. The van der Waals surface area contributed by atoms with Gasteiger partial charge in [-0.1, -0.05) is 42.5 Å². The number of nitrogens with zero attached hydrogens (tertiary/aromatic N) is 3. The third kappa shape index (κ3) is 3.54. The SMILES string of the molecule is CN(C)N1C([C@@H](O)c2ccccc2)C=C[C@@H]2C(=O)N(c3ccc(C(=O)O)cc3)C(=O)[C@@H]21. The standard InChI is InChI=1S/C23H23N3O5/c1-24(2)26-18(20(27)14-6-4-3-5-7-14)13-12-17-19(26)22(29)25(21(17)28)16-10-8-15(9-11-16)23(30)31/h3-13,17-20,27H,1-2H3,(H,30,31)/t17-,18?,19+,20-/m0/s1. The van der Waals surface area contributed by atoms with Gasteiger partial charge in [0, 0.05) is 14.1 Å². The quantitative estimate of drug-likeness (QED) is 0.560. The number of aliphatic hydroxyl groups excluding tert-OH is 1. The Bertz CT molecular complexity index is 1030. The van der Waals surface area contributed by atoms with Gasteiger partial charge in [-0.25, -0.2) is 19.7 Å². The Balaban J connectivity index is 1.68. The number of fused-ring (bicyclic) bond motifs is 1. The first-order valence-electron chi connectivity index (χ1n) is 9.89. The van der Waals surface area contributed by atoms with Crippen molar-refractivity contribution in [2.75, 3.05) is 19.0 Å². The predicted molar refractivity (Wildman–Crippen MR) is 113 cm³/mol. The van der Waals surface area contributed by atoms with Crippen LogP contribution in [0.5, 0.6) is 0 Å². The molecule has 31 heavy (non-hydrogen) atoms. The topological polar surface area (TPSA) is 101 Å². The predicted octanol–water partition coefficient (Wildman–Crippen LogP) is 1.69. The van der Waals surface area contributed by atoms with Crippen LogP contribution in [0.15, 0.2) is 66.7 Å². The van der Waals surface area contributed by atoms with Crippen LogP contribution in [0.4, 0.5) is 5.69 Å². The fraction of sp³-hybridized carbons (Fsp3) is 0.261. The van der Waals surface area contributed by atoms with Crippen molar-refractivity contribution in [3.8, 4) is 0 Å². The molecule has 0 saturated carbocycles. The largest absolute Gasteiger partial charge is 0.478 e. The maximum absolute atomic E-state index is 13.4. The lowest BCUT2D eigenvalue weighted by atomic mass is 9.90. The second-order valence-corrected chi connectivity index (χ2v) is 7.79. The number of rotatable bonds is 5. The van der Waals surface area contributed by atoms with Crippen LogP contribution < -0.4 is 4.90 Å². The Kier molecular flexibility index (Phi) is 5.45. The molecule has 2 aromatic carbocycles. The van der Waals surface area contributed by atoms with E-state index in [1.165, 1.54) is 24.3 Å². The van der Waals surface area contributed by atoms with Crippen LogP contribution in [0.2, 0.25) is 0 Å². The molecule has 2 aromatic rings. The van der Waals surface area contributed by atoms with Gasteiger partial charge in [0.25, 0.3) is 5.91 Å². The molecular weight excluding hydrogens is 398 g/mol. The molecule has 2 aliphatic heterocycles. The van der Waals surface area contributed by atoms with E-state index in [2.05, 4.69) is 0 Å². The fourth-order valence-corrected chi connectivity index (χ4v) is 4.27. The number of aromatic carboxylic acids is 1. The molecule has 2 heterocycles. The van der Waals surface area contributed by atoms with E-state index in [1.54, 1.807) is 36.3 Å². The monoisotopic (exact) mass is 421 g/mol. The number of carboxylic acids is 1. The lowest BCUT2D eigenvalue weighted by Crippen LogP contribution is -2.58. The van der Waals surface area contributed by atoms with Gasteiger partial charge in [0.1, 0.15) is 6.04 Å². The summed E-state index contributed by atoms with van der Waals surface area (Å²) in [5.74, 6) is -2.58. The molecule has 4 rings (SSSR count). The minimum absolute atomic E-state index is 0.0705. The van der Waals surface area contributed by atoms with Crippen molar-refractivity contribution in [1.82, 2.24) is 10.0 Å². The molecule has 2 amide bonds. The fourth-order valence-electron chi connectivity index (χ4n) is 4.27. The van der Waals surface area contributed by atoms with Crippen molar-refractivity contribution in [3.63, 3.8) is 0 Å². The van der Waals surface area contributed by atoms with Crippen molar-refractivity contribution < 1.29 is 24.6 Å². The number of aliphatic hydroxyl groups is 1. The summed E-state index contributed by atoms with van der Waals surface area (Å²) in [5, 5.41) is 23.6.